The first kappa shape index (κ1) is 19.3. The van der Waals surface area contributed by atoms with E-state index in [2.05, 4.69) is 18.7 Å². The van der Waals surface area contributed by atoms with E-state index in [1.54, 1.807) is 0 Å². The topological polar surface area (TPSA) is 3.24 Å². The summed E-state index contributed by atoms with van der Waals surface area (Å²) in [6, 6.07) is 0.898. The van der Waals surface area contributed by atoms with Gasteiger partial charge in [-0.05, 0) is 38.8 Å². The summed E-state index contributed by atoms with van der Waals surface area (Å²) < 4.78 is 0. The van der Waals surface area contributed by atoms with E-state index in [1.165, 1.54) is 58.0 Å². The standard InChI is InChI=1S/C12H25N.2C2H6/c1-3-8-12(9-4-2)13-10-6-5-7-11-13;2*1-2/h12H,3-11H2,1-2H3;2*1-2H3. The Kier molecular flexibility index (Phi) is 18.1. The summed E-state index contributed by atoms with van der Waals surface area (Å²) in [4.78, 5) is 2.73. The van der Waals surface area contributed by atoms with Crippen molar-refractivity contribution in [2.24, 2.45) is 0 Å². The van der Waals surface area contributed by atoms with Crippen molar-refractivity contribution in [3.05, 3.63) is 0 Å². The lowest BCUT2D eigenvalue weighted by atomic mass is 10.0. The second kappa shape index (κ2) is 16.0. The minimum Gasteiger partial charge on any atom is -0.300 e. The Balaban J connectivity index is 0. The zero-order chi connectivity index (χ0) is 13.5. The fourth-order valence-corrected chi connectivity index (χ4v) is 2.46. The third-order valence-electron chi connectivity index (χ3n) is 3.15. The molecular formula is C16H37N. The molecule has 0 radical (unpaired) electrons. The largest absolute Gasteiger partial charge is 0.300 e. The lowest BCUT2D eigenvalue weighted by Crippen LogP contribution is -2.39. The van der Waals surface area contributed by atoms with Crippen molar-refractivity contribution in [3.8, 4) is 0 Å². The highest BCUT2D eigenvalue weighted by Crippen LogP contribution is 2.18. The molecule has 0 spiro atoms. The van der Waals surface area contributed by atoms with Crippen LogP contribution >= 0.6 is 0 Å². The number of likely N-dealkylation sites (tertiary alicyclic amines) is 1. The first-order valence-electron chi connectivity index (χ1n) is 8.12. The van der Waals surface area contributed by atoms with Crippen LogP contribution in [0.4, 0.5) is 0 Å². The highest BCUT2D eigenvalue weighted by Gasteiger charge is 2.18. The summed E-state index contributed by atoms with van der Waals surface area (Å²) in [5.74, 6) is 0. The van der Waals surface area contributed by atoms with Gasteiger partial charge in [-0.3, -0.25) is 0 Å². The van der Waals surface area contributed by atoms with Crippen LogP contribution in [0.3, 0.4) is 0 Å². The van der Waals surface area contributed by atoms with E-state index in [0.717, 1.165) is 6.04 Å². The monoisotopic (exact) mass is 243 g/mol. The highest BCUT2D eigenvalue weighted by molar-refractivity contribution is 4.74. The van der Waals surface area contributed by atoms with E-state index >= 15 is 0 Å². The van der Waals surface area contributed by atoms with Crippen LogP contribution in [0.5, 0.6) is 0 Å². The molecule has 106 valence electrons. The molecule has 1 nitrogen and oxygen atoms in total. The Labute approximate surface area is 111 Å². The molecule has 0 N–H and O–H groups in total. The van der Waals surface area contributed by atoms with Crippen molar-refractivity contribution in [3.63, 3.8) is 0 Å². The molecule has 0 unspecified atom stereocenters. The van der Waals surface area contributed by atoms with Crippen LogP contribution in [0.25, 0.3) is 0 Å². The third kappa shape index (κ3) is 9.64. The Bertz CT molecular complexity index is 111. The summed E-state index contributed by atoms with van der Waals surface area (Å²) in [5, 5.41) is 0. The predicted molar refractivity (Wildman–Crippen MR) is 81.7 cm³/mol. The fourth-order valence-electron chi connectivity index (χ4n) is 2.46. The maximum absolute atomic E-state index is 2.73. The van der Waals surface area contributed by atoms with Crippen LogP contribution in [0, 0.1) is 0 Å². The van der Waals surface area contributed by atoms with Gasteiger partial charge in [-0.15, -0.1) is 0 Å². The highest BCUT2D eigenvalue weighted by atomic mass is 15.2. The molecule has 1 heterocycles. The minimum absolute atomic E-state index is 0.898. The van der Waals surface area contributed by atoms with Crippen molar-refractivity contribution < 1.29 is 0 Å². The van der Waals surface area contributed by atoms with Gasteiger partial charge in [-0.1, -0.05) is 60.8 Å². The molecule has 0 aromatic carbocycles. The molecule has 0 amide bonds. The molecule has 1 rings (SSSR count). The molecule has 0 saturated carbocycles. The predicted octanol–water partition coefficient (Wildman–Crippen LogP) is 5.49. The molecule has 1 heteroatoms. The summed E-state index contributed by atoms with van der Waals surface area (Å²) in [5.41, 5.74) is 0. The average molecular weight is 243 g/mol. The molecule has 0 bridgehead atoms. The van der Waals surface area contributed by atoms with Gasteiger partial charge in [0.1, 0.15) is 0 Å². The molecule has 0 aromatic heterocycles. The van der Waals surface area contributed by atoms with E-state index in [4.69, 9.17) is 0 Å². The zero-order valence-electron chi connectivity index (χ0n) is 13.4. The van der Waals surface area contributed by atoms with Gasteiger partial charge in [0, 0.05) is 6.04 Å². The minimum atomic E-state index is 0.898. The van der Waals surface area contributed by atoms with Crippen LogP contribution < -0.4 is 0 Å². The van der Waals surface area contributed by atoms with Gasteiger partial charge in [0.25, 0.3) is 0 Å². The molecule has 1 aliphatic rings. The lowest BCUT2D eigenvalue weighted by molar-refractivity contribution is 0.146. The SMILES string of the molecule is CC.CC.CCCC(CCC)N1CCCCC1. The van der Waals surface area contributed by atoms with Gasteiger partial charge < -0.3 is 4.90 Å². The molecule has 0 atom stereocenters. The van der Waals surface area contributed by atoms with Crippen LogP contribution in [0.2, 0.25) is 0 Å². The van der Waals surface area contributed by atoms with E-state index in [9.17, 15) is 0 Å². The van der Waals surface area contributed by atoms with Gasteiger partial charge in [0.2, 0.25) is 0 Å². The number of rotatable bonds is 5. The fraction of sp³-hybridized carbons (Fsp3) is 1.00. The molecule has 1 saturated heterocycles. The van der Waals surface area contributed by atoms with Gasteiger partial charge in [-0.2, -0.15) is 0 Å². The van der Waals surface area contributed by atoms with Gasteiger partial charge in [0.05, 0.1) is 0 Å². The van der Waals surface area contributed by atoms with Crippen LogP contribution in [-0.4, -0.2) is 24.0 Å². The Morgan fingerprint density at radius 2 is 1.18 bits per heavy atom. The zero-order valence-corrected chi connectivity index (χ0v) is 13.4. The summed E-state index contributed by atoms with van der Waals surface area (Å²) >= 11 is 0. The molecular weight excluding hydrogens is 206 g/mol. The molecule has 1 fully saturated rings. The van der Waals surface area contributed by atoms with Crippen LogP contribution in [0.1, 0.15) is 86.5 Å². The van der Waals surface area contributed by atoms with Crippen LogP contribution in [-0.2, 0) is 0 Å². The first-order chi connectivity index (χ1) is 8.38. The normalized spacial score (nSPS) is 15.7. The summed E-state index contributed by atoms with van der Waals surface area (Å²) in [6.45, 7) is 15.4. The summed E-state index contributed by atoms with van der Waals surface area (Å²) in [7, 11) is 0. The second-order valence-electron chi connectivity index (χ2n) is 4.33. The molecule has 0 aliphatic carbocycles. The maximum atomic E-state index is 2.73. The van der Waals surface area contributed by atoms with E-state index in [0.29, 0.717) is 0 Å². The van der Waals surface area contributed by atoms with Crippen molar-refractivity contribution >= 4 is 0 Å². The third-order valence-corrected chi connectivity index (χ3v) is 3.15. The smallest absolute Gasteiger partial charge is 0.00950 e. The van der Waals surface area contributed by atoms with Crippen molar-refractivity contribution in [1.29, 1.82) is 0 Å². The molecule has 0 aromatic rings. The van der Waals surface area contributed by atoms with Gasteiger partial charge in [-0.25, -0.2) is 0 Å². The maximum Gasteiger partial charge on any atom is 0.00950 e. The molecule has 1 aliphatic heterocycles. The quantitative estimate of drug-likeness (QED) is 0.617. The lowest BCUT2D eigenvalue weighted by Gasteiger charge is -2.34. The molecule has 17 heavy (non-hydrogen) atoms. The van der Waals surface area contributed by atoms with E-state index in [1.807, 2.05) is 27.7 Å². The Hall–Kier alpha value is -0.0400. The van der Waals surface area contributed by atoms with Gasteiger partial charge in [0.15, 0.2) is 0 Å². The van der Waals surface area contributed by atoms with Crippen molar-refractivity contribution in [2.75, 3.05) is 13.1 Å². The number of piperidine rings is 1. The second-order valence-corrected chi connectivity index (χ2v) is 4.33. The van der Waals surface area contributed by atoms with E-state index in [-0.39, 0.29) is 0 Å². The first-order valence-corrected chi connectivity index (χ1v) is 8.12. The van der Waals surface area contributed by atoms with Crippen molar-refractivity contribution in [2.45, 2.75) is 92.5 Å². The number of hydrogen-bond donors (Lipinski definition) is 0. The average Bonchev–Trinajstić information content (AvgIpc) is 2.44. The van der Waals surface area contributed by atoms with E-state index < -0.39 is 0 Å². The van der Waals surface area contributed by atoms with Crippen LogP contribution in [0.15, 0.2) is 0 Å². The number of hydrogen-bond acceptors (Lipinski definition) is 1. The number of nitrogens with zero attached hydrogens (tertiary/aromatic N) is 1. The summed E-state index contributed by atoms with van der Waals surface area (Å²) in [6.07, 6.45) is 9.85. The Morgan fingerprint density at radius 1 is 0.765 bits per heavy atom. The van der Waals surface area contributed by atoms with Gasteiger partial charge >= 0.3 is 0 Å². The Morgan fingerprint density at radius 3 is 1.53 bits per heavy atom. The van der Waals surface area contributed by atoms with Crippen molar-refractivity contribution in [1.82, 2.24) is 4.90 Å².